The van der Waals surface area contributed by atoms with Gasteiger partial charge in [-0.1, -0.05) is 37.0 Å². The molecule has 186 valence electrons. The zero-order valence-corrected chi connectivity index (χ0v) is 20.4. The van der Waals surface area contributed by atoms with Gasteiger partial charge in [0.15, 0.2) is 17.3 Å². The lowest BCUT2D eigenvalue weighted by molar-refractivity contribution is 0.174. The van der Waals surface area contributed by atoms with Crippen molar-refractivity contribution in [3.05, 3.63) is 75.3 Å². The Morgan fingerprint density at radius 2 is 1.86 bits per heavy atom. The number of aromatic amines is 1. The molecule has 1 fully saturated rings. The lowest BCUT2D eigenvalue weighted by atomic mass is 9.95. The maximum Gasteiger partial charge on any atom is 0.252 e. The number of rotatable bonds is 7. The van der Waals surface area contributed by atoms with Crippen molar-refractivity contribution in [1.29, 1.82) is 0 Å². The summed E-state index contributed by atoms with van der Waals surface area (Å²) in [6.07, 6.45) is 5.88. The van der Waals surface area contributed by atoms with Gasteiger partial charge in [-0.15, -0.1) is 5.10 Å². The van der Waals surface area contributed by atoms with Crippen molar-refractivity contribution in [3.63, 3.8) is 0 Å². The average Bonchev–Trinajstić information content (AvgIpc) is 3.54. The van der Waals surface area contributed by atoms with Crippen LogP contribution in [0, 0.1) is 6.92 Å². The van der Waals surface area contributed by atoms with E-state index in [0.29, 0.717) is 31.2 Å². The quantitative estimate of drug-likeness (QED) is 0.417. The van der Waals surface area contributed by atoms with Crippen molar-refractivity contribution in [2.45, 2.75) is 64.7 Å². The molecular weight excluding hydrogens is 456 g/mol. The molecule has 1 aliphatic heterocycles. The first-order chi connectivity index (χ1) is 17.6. The first-order valence-electron chi connectivity index (χ1n) is 12.6. The number of aryl methyl sites for hydroxylation is 1. The number of benzene rings is 2. The molecule has 36 heavy (non-hydrogen) atoms. The van der Waals surface area contributed by atoms with Crippen LogP contribution in [0.25, 0.3) is 10.9 Å². The van der Waals surface area contributed by atoms with Crippen LogP contribution in [0.15, 0.2) is 47.3 Å². The second kappa shape index (κ2) is 9.73. The van der Waals surface area contributed by atoms with Crippen LogP contribution in [-0.4, -0.2) is 36.9 Å². The number of aromatic nitrogens is 5. The number of tetrazole rings is 1. The minimum Gasteiger partial charge on any atom is -0.454 e. The predicted molar refractivity (Wildman–Crippen MR) is 135 cm³/mol. The highest BCUT2D eigenvalue weighted by Gasteiger charge is 2.23. The Labute approximate surface area is 209 Å². The number of ether oxygens (including phenoxy) is 2. The molecule has 0 unspecified atom stereocenters. The zero-order valence-electron chi connectivity index (χ0n) is 20.4. The smallest absolute Gasteiger partial charge is 0.252 e. The minimum atomic E-state index is -0.0751. The van der Waals surface area contributed by atoms with Crippen LogP contribution in [0.5, 0.6) is 11.5 Å². The van der Waals surface area contributed by atoms with Crippen LogP contribution in [0.4, 0.5) is 0 Å². The SMILES string of the molecule is Cc1ccc2[nH]c(=O)c(CN(Cc3ccc4c(c3)OCO4)Cc3nnnn3C3CCCCC3)cc2c1. The van der Waals surface area contributed by atoms with E-state index in [1.807, 2.05) is 41.1 Å². The van der Waals surface area contributed by atoms with Crippen molar-refractivity contribution in [2.75, 3.05) is 6.79 Å². The topological polar surface area (TPSA) is 98.2 Å². The molecule has 2 aliphatic rings. The number of nitrogens with zero attached hydrogens (tertiary/aromatic N) is 5. The van der Waals surface area contributed by atoms with Crippen molar-refractivity contribution in [3.8, 4) is 11.5 Å². The molecule has 0 atom stereocenters. The summed E-state index contributed by atoms with van der Waals surface area (Å²) in [5, 5.41) is 13.8. The van der Waals surface area contributed by atoms with Gasteiger partial charge in [-0.2, -0.15) is 0 Å². The summed E-state index contributed by atoms with van der Waals surface area (Å²) in [6.45, 7) is 3.90. The molecule has 0 spiro atoms. The van der Waals surface area contributed by atoms with Gasteiger partial charge in [0, 0.05) is 24.2 Å². The molecule has 1 saturated carbocycles. The van der Waals surface area contributed by atoms with Crippen LogP contribution in [0.3, 0.4) is 0 Å². The number of pyridine rings is 1. The summed E-state index contributed by atoms with van der Waals surface area (Å²) in [4.78, 5) is 18.3. The van der Waals surface area contributed by atoms with Gasteiger partial charge in [0.05, 0.1) is 12.6 Å². The molecule has 0 bridgehead atoms. The fourth-order valence-electron chi connectivity index (χ4n) is 5.32. The molecule has 0 saturated heterocycles. The Morgan fingerprint density at radius 3 is 2.75 bits per heavy atom. The maximum absolute atomic E-state index is 13.0. The minimum absolute atomic E-state index is 0.0751. The lowest BCUT2D eigenvalue weighted by Crippen LogP contribution is -2.29. The Kier molecular flexibility index (Phi) is 6.14. The normalized spacial score (nSPS) is 15.7. The Balaban J connectivity index is 1.31. The third kappa shape index (κ3) is 4.70. The van der Waals surface area contributed by atoms with Crippen LogP contribution < -0.4 is 15.0 Å². The number of fused-ring (bicyclic) bond motifs is 2. The van der Waals surface area contributed by atoms with Gasteiger partial charge in [0.25, 0.3) is 5.56 Å². The molecule has 2 aromatic carbocycles. The summed E-state index contributed by atoms with van der Waals surface area (Å²) < 4.78 is 13.1. The lowest BCUT2D eigenvalue weighted by Gasteiger charge is -2.25. The van der Waals surface area contributed by atoms with E-state index in [1.165, 1.54) is 19.3 Å². The molecule has 1 aliphatic carbocycles. The molecule has 6 rings (SSSR count). The molecule has 2 aromatic heterocycles. The highest BCUT2D eigenvalue weighted by molar-refractivity contribution is 5.79. The van der Waals surface area contributed by atoms with E-state index >= 15 is 0 Å². The van der Waals surface area contributed by atoms with Gasteiger partial charge in [-0.05, 0) is 71.5 Å². The van der Waals surface area contributed by atoms with Gasteiger partial charge < -0.3 is 14.5 Å². The molecule has 9 nitrogen and oxygen atoms in total. The third-order valence-electron chi connectivity index (χ3n) is 7.16. The molecule has 4 aromatic rings. The fourth-order valence-corrected chi connectivity index (χ4v) is 5.32. The zero-order chi connectivity index (χ0) is 24.5. The van der Waals surface area contributed by atoms with Crippen LogP contribution in [0.2, 0.25) is 0 Å². The van der Waals surface area contributed by atoms with Crippen molar-refractivity contribution in [1.82, 2.24) is 30.1 Å². The standard InChI is InChI=1S/C27H30N6O3/c1-18-7-9-23-20(11-18)13-21(27(34)28-23)15-32(14-19-8-10-24-25(12-19)36-17-35-24)16-26-29-30-31-33(26)22-5-3-2-4-6-22/h7-13,22H,2-6,14-17H2,1H3,(H,28,34). The second-order valence-electron chi connectivity index (χ2n) is 9.88. The van der Waals surface area contributed by atoms with E-state index in [-0.39, 0.29) is 12.4 Å². The van der Waals surface area contributed by atoms with E-state index in [4.69, 9.17) is 9.47 Å². The molecule has 3 heterocycles. The number of hydrogen-bond donors (Lipinski definition) is 1. The predicted octanol–water partition coefficient (Wildman–Crippen LogP) is 4.26. The summed E-state index contributed by atoms with van der Waals surface area (Å²) in [5.74, 6) is 2.34. The van der Waals surface area contributed by atoms with E-state index in [9.17, 15) is 4.79 Å². The van der Waals surface area contributed by atoms with Crippen molar-refractivity contribution >= 4 is 10.9 Å². The molecular formula is C27H30N6O3. The Bertz CT molecular complexity index is 1440. The molecule has 1 N–H and O–H groups in total. The van der Waals surface area contributed by atoms with Crippen LogP contribution in [0.1, 0.15) is 60.7 Å². The first kappa shape index (κ1) is 22.7. The Hall–Kier alpha value is -3.72. The van der Waals surface area contributed by atoms with Gasteiger partial charge in [0.2, 0.25) is 6.79 Å². The largest absolute Gasteiger partial charge is 0.454 e. The number of hydrogen-bond acceptors (Lipinski definition) is 7. The average molecular weight is 487 g/mol. The molecule has 0 radical (unpaired) electrons. The summed E-state index contributed by atoms with van der Waals surface area (Å²) in [6, 6.07) is 14.4. The van der Waals surface area contributed by atoms with Gasteiger partial charge >= 0.3 is 0 Å². The van der Waals surface area contributed by atoms with Crippen LogP contribution in [-0.2, 0) is 19.6 Å². The van der Waals surface area contributed by atoms with Crippen molar-refractivity contribution in [2.24, 2.45) is 0 Å². The second-order valence-corrected chi connectivity index (χ2v) is 9.88. The fraction of sp³-hybridized carbons (Fsp3) is 0.407. The third-order valence-corrected chi connectivity index (χ3v) is 7.16. The summed E-state index contributed by atoms with van der Waals surface area (Å²) in [7, 11) is 0. The van der Waals surface area contributed by atoms with Gasteiger partial charge in [-0.3, -0.25) is 9.69 Å². The van der Waals surface area contributed by atoms with Gasteiger partial charge in [-0.25, -0.2) is 4.68 Å². The summed E-state index contributed by atoms with van der Waals surface area (Å²) in [5.41, 5.74) is 3.71. The maximum atomic E-state index is 13.0. The number of H-pyrrole nitrogens is 1. The molecule has 9 heteroatoms. The summed E-state index contributed by atoms with van der Waals surface area (Å²) >= 11 is 0. The van der Waals surface area contributed by atoms with E-state index in [2.05, 4.69) is 38.4 Å². The first-order valence-corrected chi connectivity index (χ1v) is 12.6. The van der Waals surface area contributed by atoms with Crippen LogP contribution >= 0.6 is 0 Å². The van der Waals surface area contributed by atoms with Gasteiger partial charge in [0.1, 0.15) is 0 Å². The highest BCUT2D eigenvalue weighted by Crippen LogP contribution is 2.33. The highest BCUT2D eigenvalue weighted by atomic mass is 16.7. The number of nitrogens with one attached hydrogen (secondary N) is 1. The Morgan fingerprint density at radius 1 is 1.00 bits per heavy atom. The van der Waals surface area contributed by atoms with E-state index in [1.54, 1.807) is 0 Å². The van der Waals surface area contributed by atoms with E-state index in [0.717, 1.165) is 52.2 Å². The monoisotopic (exact) mass is 486 g/mol. The van der Waals surface area contributed by atoms with Crippen molar-refractivity contribution < 1.29 is 9.47 Å². The molecule has 0 amide bonds. The van der Waals surface area contributed by atoms with E-state index < -0.39 is 0 Å².